The molecule has 3 nitrogen and oxygen atoms in total. The van der Waals surface area contributed by atoms with Crippen LogP contribution in [0.4, 0.5) is 5.69 Å². The number of rotatable bonds is 2. The second-order valence-electron chi connectivity index (χ2n) is 4.88. The van der Waals surface area contributed by atoms with Gasteiger partial charge in [-0.25, -0.2) is 0 Å². The molecule has 0 spiro atoms. The molecule has 1 aromatic heterocycles. The van der Waals surface area contributed by atoms with Gasteiger partial charge in [-0.2, -0.15) is 0 Å². The highest BCUT2D eigenvalue weighted by molar-refractivity contribution is 5.44. The van der Waals surface area contributed by atoms with Gasteiger partial charge in [-0.05, 0) is 45.9 Å². The molecule has 2 atom stereocenters. The zero-order valence-corrected chi connectivity index (χ0v) is 10.4. The van der Waals surface area contributed by atoms with E-state index in [1.165, 1.54) is 25.1 Å². The van der Waals surface area contributed by atoms with Gasteiger partial charge in [-0.1, -0.05) is 0 Å². The standard InChI is InChI=1S/C13H21N3/c1-10-8-12(4-6-14-10)15-13-5-7-16(3)11(2)9-13/h4,6,8,11,13H,5,7,9H2,1-3H3,(H,14,15). The second kappa shape index (κ2) is 4.83. The smallest absolute Gasteiger partial charge is 0.0393 e. The highest BCUT2D eigenvalue weighted by Crippen LogP contribution is 2.19. The third-order valence-electron chi connectivity index (χ3n) is 3.48. The molecule has 1 fully saturated rings. The zero-order valence-electron chi connectivity index (χ0n) is 10.4. The van der Waals surface area contributed by atoms with Crippen LogP contribution in [0.15, 0.2) is 18.3 Å². The van der Waals surface area contributed by atoms with Gasteiger partial charge in [0.1, 0.15) is 0 Å². The van der Waals surface area contributed by atoms with Crippen LogP contribution in [0.3, 0.4) is 0 Å². The molecule has 0 aliphatic carbocycles. The number of aryl methyl sites for hydroxylation is 1. The van der Waals surface area contributed by atoms with Crippen molar-refractivity contribution in [3.63, 3.8) is 0 Å². The largest absolute Gasteiger partial charge is 0.382 e. The second-order valence-corrected chi connectivity index (χ2v) is 4.88. The molecule has 0 saturated carbocycles. The van der Waals surface area contributed by atoms with E-state index in [0.717, 1.165) is 5.69 Å². The van der Waals surface area contributed by atoms with E-state index in [1.807, 2.05) is 13.1 Å². The van der Waals surface area contributed by atoms with Gasteiger partial charge in [0, 0.05) is 36.2 Å². The van der Waals surface area contributed by atoms with Crippen LogP contribution in [0.5, 0.6) is 0 Å². The molecule has 1 saturated heterocycles. The van der Waals surface area contributed by atoms with E-state index in [9.17, 15) is 0 Å². The molecular weight excluding hydrogens is 198 g/mol. The lowest BCUT2D eigenvalue weighted by atomic mass is 9.99. The lowest BCUT2D eigenvalue weighted by Crippen LogP contribution is -2.42. The van der Waals surface area contributed by atoms with Crippen molar-refractivity contribution in [2.45, 2.75) is 38.8 Å². The Hall–Kier alpha value is -1.09. The van der Waals surface area contributed by atoms with Crippen LogP contribution in [-0.2, 0) is 0 Å². The maximum Gasteiger partial charge on any atom is 0.0393 e. The summed E-state index contributed by atoms with van der Waals surface area (Å²) in [6.45, 7) is 5.51. The van der Waals surface area contributed by atoms with E-state index < -0.39 is 0 Å². The van der Waals surface area contributed by atoms with Crippen LogP contribution < -0.4 is 5.32 Å². The average molecular weight is 219 g/mol. The highest BCUT2D eigenvalue weighted by atomic mass is 15.1. The molecule has 3 heteroatoms. The fraction of sp³-hybridized carbons (Fsp3) is 0.615. The Labute approximate surface area is 97.9 Å². The van der Waals surface area contributed by atoms with Crippen molar-refractivity contribution in [3.05, 3.63) is 24.0 Å². The first kappa shape index (κ1) is 11.4. The van der Waals surface area contributed by atoms with Crippen molar-refractivity contribution >= 4 is 5.69 Å². The molecule has 2 rings (SSSR count). The SMILES string of the molecule is Cc1cc(NC2CCN(C)C(C)C2)ccn1. The third kappa shape index (κ3) is 2.73. The molecule has 0 bridgehead atoms. The summed E-state index contributed by atoms with van der Waals surface area (Å²) in [6.07, 6.45) is 4.32. The maximum absolute atomic E-state index is 4.21. The molecule has 1 N–H and O–H groups in total. The minimum absolute atomic E-state index is 0.605. The number of nitrogens with one attached hydrogen (secondary N) is 1. The Bertz CT molecular complexity index is 351. The summed E-state index contributed by atoms with van der Waals surface area (Å²) in [5.41, 5.74) is 2.28. The Kier molecular flexibility index (Phi) is 3.44. The Morgan fingerprint density at radius 1 is 1.50 bits per heavy atom. The Morgan fingerprint density at radius 2 is 2.31 bits per heavy atom. The van der Waals surface area contributed by atoms with Gasteiger partial charge in [-0.15, -0.1) is 0 Å². The minimum atomic E-state index is 0.605. The monoisotopic (exact) mass is 219 g/mol. The van der Waals surface area contributed by atoms with Gasteiger partial charge in [0.05, 0.1) is 0 Å². The summed E-state index contributed by atoms with van der Waals surface area (Å²) < 4.78 is 0. The Morgan fingerprint density at radius 3 is 3.00 bits per heavy atom. The molecule has 1 aliphatic rings. The minimum Gasteiger partial charge on any atom is -0.382 e. The van der Waals surface area contributed by atoms with Crippen LogP contribution in [0.25, 0.3) is 0 Å². The lowest BCUT2D eigenvalue weighted by molar-refractivity contribution is 0.190. The van der Waals surface area contributed by atoms with Crippen molar-refractivity contribution < 1.29 is 0 Å². The van der Waals surface area contributed by atoms with E-state index >= 15 is 0 Å². The third-order valence-corrected chi connectivity index (χ3v) is 3.48. The lowest BCUT2D eigenvalue weighted by Gasteiger charge is -2.35. The molecular formula is C13H21N3. The van der Waals surface area contributed by atoms with E-state index in [1.54, 1.807) is 0 Å². The van der Waals surface area contributed by atoms with Crippen molar-refractivity contribution in [3.8, 4) is 0 Å². The first-order chi connectivity index (χ1) is 7.65. The molecule has 0 radical (unpaired) electrons. The summed E-state index contributed by atoms with van der Waals surface area (Å²) in [5.74, 6) is 0. The topological polar surface area (TPSA) is 28.2 Å². The van der Waals surface area contributed by atoms with Crippen LogP contribution in [0, 0.1) is 6.92 Å². The number of piperidine rings is 1. The number of hydrogen-bond donors (Lipinski definition) is 1. The Balaban J connectivity index is 1.95. The molecule has 1 aromatic rings. The van der Waals surface area contributed by atoms with Crippen molar-refractivity contribution in [1.29, 1.82) is 0 Å². The van der Waals surface area contributed by atoms with Gasteiger partial charge in [0.2, 0.25) is 0 Å². The molecule has 2 heterocycles. The number of likely N-dealkylation sites (tertiary alicyclic amines) is 1. The molecule has 2 unspecified atom stereocenters. The molecule has 16 heavy (non-hydrogen) atoms. The zero-order chi connectivity index (χ0) is 11.5. The predicted octanol–water partition coefficient (Wildman–Crippen LogP) is 2.28. The van der Waals surface area contributed by atoms with Gasteiger partial charge in [-0.3, -0.25) is 4.98 Å². The average Bonchev–Trinajstić information content (AvgIpc) is 2.24. The van der Waals surface area contributed by atoms with E-state index in [0.29, 0.717) is 12.1 Å². The summed E-state index contributed by atoms with van der Waals surface area (Å²) >= 11 is 0. The fourth-order valence-electron chi connectivity index (χ4n) is 2.29. The first-order valence-electron chi connectivity index (χ1n) is 6.04. The van der Waals surface area contributed by atoms with Crippen LogP contribution in [-0.4, -0.2) is 35.6 Å². The van der Waals surface area contributed by atoms with Crippen LogP contribution in [0.2, 0.25) is 0 Å². The highest BCUT2D eigenvalue weighted by Gasteiger charge is 2.22. The summed E-state index contributed by atoms with van der Waals surface area (Å²) in [5, 5.41) is 3.61. The molecule has 1 aliphatic heterocycles. The van der Waals surface area contributed by atoms with E-state index in [2.05, 4.69) is 41.3 Å². The predicted molar refractivity (Wildman–Crippen MR) is 67.7 cm³/mol. The summed E-state index contributed by atoms with van der Waals surface area (Å²) in [4.78, 5) is 6.64. The van der Waals surface area contributed by atoms with Crippen LogP contribution >= 0.6 is 0 Å². The van der Waals surface area contributed by atoms with Gasteiger partial charge in [0.25, 0.3) is 0 Å². The van der Waals surface area contributed by atoms with Gasteiger partial charge < -0.3 is 10.2 Å². The number of anilines is 1. The van der Waals surface area contributed by atoms with E-state index in [-0.39, 0.29) is 0 Å². The molecule has 0 aromatic carbocycles. The van der Waals surface area contributed by atoms with Crippen LogP contribution in [0.1, 0.15) is 25.5 Å². The van der Waals surface area contributed by atoms with Crippen molar-refractivity contribution in [2.75, 3.05) is 18.9 Å². The van der Waals surface area contributed by atoms with E-state index in [4.69, 9.17) is 0 Å². The maximum atomic E-state index is 4.21. The summed E-state index contributed by atoms with van der Waals surface area (Å²) in [6, 6.07) is 5.45. The first-order valence-corrected chi connectivity index (χ1v) is 6.04. The van der Waals surface area contributed by atoms with Gasteiger partial charge in [0.15, 0.2) is 0 Å². The number of hydrogen-bond acceptors (Lipinski definition) is 3. The quantitative estimate of drug-likeness (QED) is 0.827. The number of pyridine rings is 1. The number of nitrogens with zero attached hydrogens (tertiary/aromatic N) is 2. The van der Waals surface area contributed by atoms with Crippen molar-refractivity contribution in [2.24, 2.45) is 0 Å². The molecule has 88 valence electrons. The normalized spacial score (nSPS) is 26.7. The molecule has 0 amide bonds. The van der Waals surface area contributed by atoms with Gasteiger partial charge >= 0.3 is 0 Å². The fourth-order valence-corrected chi connectivity index (χ4v) is 2.29. The number of aromatic nitrogens is 1. The van der Waals surface area contributed by atoms with Crippen molar-refractivity contribution in [1.82, 2.24) is 9.88 Å². The summed E-state index contributed by atoms with van der Waals surface area (Å²) in [7, 11) is 2.21.